The van der Waals surface area contributed by atoms with E-state index in [1.54, 1.807) is 7.05 Å². The van der Waals surface area contributed by atoms with Crippen LogP contribution in [0.25, 0.3) is 0 Å². The van der Waals surface area contributed by atoms with Gasteiger partial charge in [-0.25, -0.2) is 4.79 Å². The van der Waals surface area contributed by atoms with Crippen LogP contribution in [0.5, 0.6) is 0 Å². The van der Waals surface area contributed by atoms with Crippen LogP contribution in [-0.2, 0) is 6.42 Å². The molecule has 0 atom stereocenters. The lowest BCUT2D eigenvalue weighted by Gasteiger charge is -2.15. The van der Waals surface area contributed by atoms with Crippen LogP contribution in [0.2, 0.25) is 0 Å². The van der Waals surface area contributed by atoms with Gasteiger partial charge in [0.1, 0.15) is 0 Å². The number of amides is 2. The largest absolute Gasteiger partial charge is 0.359 e. The first-order valence-corrected chi connectivity index (χ1v) is 5.92. The van der Waals surface area contributed by atoms with Gasteiger partial charge in [0.2, 0.25) is 0 Å². The zero-order valence-corrected chi connectivity index (χ0v) is 11.3. The number of anilines is 1. The van der Waals surface area contributed by atoms with Crippen LogP contribution in [0, 0.1) is 19.3 Å². The van der Waals surface area contributed by atoms with Crippen molar-refractivity contribution in [3.63, 3.8) is 0 Å². The molecule has 0 unspecified atom stereocenters. The average Bonchev–Trinajstić information content (AvgIpc) is 2.31. The molecule has 0 aliphatic carbocycles. The van der Waals surface area contributed by atoms with E-state index >= 15 is 0 Å². The average molecular weight is 248 g/mol. The molecule has 98 valence electrons. The molecule has 1 aromatic rings. The molecule has 0 aliphatic heterocycles. The van der Waals surface area contributed by atoms with Gasteiger partial charge in [0.15, 0.2) is 5.96 Å². The maximum Gasteiger partial charge on any atom is 0.326 e. The van der Waals surface area contributed by atoms with Gasteiger partial charge in [-0.2, -0.15) is 0 Å². The Labute approximate surface area is 107 Å². The number of carbonyl (C=O) groups is 1. The molecule has 0 saturated carbocycles. The smallest absolute Gasteiger partial charge is 0.326 e. The molecule has 0 saturated heterocycles. The second-order valence-electron chi connectivity index (χ2n) is 4.17. The fraction of sp³-hybridized carbons (Fsp3) is 0.385. The Bertz CT molecular complexity index is 468. The normalized spacial score (nSPS) is 9.78. The minimum atomic E-state index is -0.406. The van der Waals surface area contributed by atoms with Crippen LogP contribution < -0.4 is 16.0 Å². The number of nitrogens with one attached hydrogen (secondary N) is 4. The Morgan fingerprint density at radius 3 is 2.56 bits per heavy atom. The Balaban J connectivity index is 2.90. The van der Waals surface area contributed by atoms with Gasteiger partial charge < -0.3 is 10.6 Å². The first kappa shape index (κ1) is 14.0. The highest BCUT2D eigenvalue weighted by molar-refractivity contribution is 6.02. The van der Waals surface area contributed by atoms with E-state index in [2.05, 4.69) is 22.0 Å². The van der Waals surface area contributed by atoms with Crippen molar-refractivity contribution < 1.29 is 4.79 Å². The molecule has 1 aromatic carbocycles. The number of rotatable bonds is 2. The first-order chi connectivity index (χ1) is 8.47. The van der Waals surface area contributed by atoms with Gasteiger partial charge in [0.25, 0.3) is 0 Å². The zero-order valence-electron chi connectivity index (χ0n) is 11.3. The van der Waals surface area contributed by atoms with E-state index in [1.807, 2.05) is 26.8 Å². The maximum absolute atomic E-state index is 11.7. The Hall–Kier alpha value is -2.04. The van der Waals surface area contributed by atoms with Crippen molar-refractivity contribution in [2.24, 2.45) is 0 Å². The van der Waals surface area contributed by atoms with E-state index in [0.29, 0.717) is 0 Å². The van der Waals surface area contributed by atoms with E-state index in [0.717, 1.165) is 23.2 Å². The minimum absolute atomic E-state index is 0.0321. The summed E-state index contributed by atoms with van der Waals surface area (Å²) in [4.78, 5) is 11.7. The van der Waals surface area contributed by atoms with Gasteiger partial charge in [-0.05, 0) is 31.4 Å². The molecular formula is C13H20N4O. The van der Waals surface area contributed by atoms with E-state index in [9.17, 15) is 4.79 Å². The molecule has 0 heterocycles. The summed E-state index contributed by atoms with van der Waals surface area (Å²) < 4.78 is 0. The Morgan fingerprint density at radius 1 is 1.33 bits per heavy atom. The van der Waals surface area contributed by atoms with Crippen LogP contribution in [0.1, 0.15) is 23.6 Å². The molecular weight excluding hydrogens is 228 g/mol. The predicted octanol–water partition coefficient (Wildman–Crippen LogP) is 2.14. The van der Waals surface area contributed by atoms with Crippen molar-refractivity contribution in [2.75, 3.05) is 12.4 Å². The third-order valence-corrected chi connectivity index (χ3v) is 2.67. The summed E-state index contributed by atoms with van der Waals surface area (Å²) in [7, 11) is 1.58. The number of guanidine groups is 1. The van der Waals surface area contributed by atoms with Gasteiger partial charge in [-0.15, -0.1) is 0 Å². The van der Waals surface area contributed by atoms with Gasteiger partial charge in [0, 0.05) is 12.7 Å². The SMILES string of the molecule is CCc1cc(C)cc(C)c1NC(=O)NC(=N)NC. The molecule has 18 heavy (non-hydrogen) atoms. The van der Waals surface area contributed by atoms with Crippen molar-refractivity contribution in [1.29, 1.82) is 5.41 Å². The summed E-state index contributed by atoms with van der Waals surface area (Å²) in [5, 5.41) is 15.1. The molecule has 0 spiro atoms. The van der Waals surface area contributed by atoms with E-state index < -0.39 is 6.03 Å². The first-order valence-electron chi connectivity index (χ1n) is 5.92. The van der Waals surface area contributed by atoms with Crippen LogP contribution in [0.3, 0.4) is 0 Å². The summed E-state index contributed by atoms with van der Waals surface area (Å²) >= 11 is 0. The highest BCUT2D eigenvalue weighted by atomic mass is 16.2. The molecule has 1 rings (SSSR count). The summed E-state index contributed by atoms with van der Waals surface area (Å²) in [5.74, 6) is -0.0321. The van der Waals surface area contributed by atoms with Crippen LogP contribution >= 0.6 is 0 Å². The molecule has 5 nitrogen and oxygen atoms in total. The lowest BCUT2D eigenvalue weighted by molar-refractivity contribution is 0.256. The number of aryl methyl sites for hydroxylation is 3. The van der Waals surface area contributed by atoms with E-state index in [-0.39, 0.29) is 5.96 Å². The quantitative estimate of drug-likeness (QED) is 0.478. The molecule has 2 amide bonds. The number of hydrogen-bond donors (Lipinski definition) is 4. The van der Waals surface area contributed by atoms with Gasteiger partial charge in [0.05, 0.1) is 0 Å². The zero-order chi connectivity index (χ0) is 13.7. The highest BCUT2D eigenvalue weighted by Crippen LogP contribution is 2.23. The van der Waals surface area contributed by atoms with Gasteiger partial charge >= 0.3 is 6.03 Å². The van der Waals surface area contributed by atoms with Crippen LogP contribution in [0.15, 0.2) is 12.1 Å². The molecule has 0 aliphatic rings. The maximum atomic E-state index is 11.7. The lowest BCUT2D eigenvalue weighted by atomic mass is 10.0. The Morgan fingerprint density at radius 2 is 2.00 bits per heavy atom. The number of benzene rings is 1. The summed E-state index contributed by atoms with van der Waals surface area (Å²) in [6, 6.07) is 3.68. The van der Waals surface area contributed by atoms with Crippen LogP contribution in [0.4, 0.5) is 10.5 Å². The highest BCUT2D eigenvalue weighted by Gasteiger charge is 2.10. The second-order valence-corrected chi connectivity index (χ2v) is 4.17. The molecule has 0 fully saturated rings. The van der Waals surface area contributed by atoms with Crippen molar-refractivity contribution in [3.05, 3.63) is 28.8 Å². The minimum Gasteiger partial charge on any atom is -0.359 e. The lowest BCUT2D eigenvalue weighted by Crippen LogP contribution is -2.40. The van der Waals surface area contributed by atoms with Crippen molar-refractivity contribution >= 4 is 17.7 Å². The topological polar surface area (TPSA) is 77.0 Å². The third kappa shape index (κ3) is 3.48. The summed E-state index contributed by atoms with van der Waals surface area (Å²) in [5.41, 5.74) is 4.12. The monoisotopic (exact) mass is 248 g/mol. The number of hydrogen-bond acceptors (Lipinski definition) is 2. The molecule has 0 bridgehead atoms. The van der Waals surface area contributed by atoms with Crippen molar-refractivity contribution in [2.45, 2.75) is 27.2 Å². The fourth-order valence-electron chi connectivity index (χ4n) is 1.83. The third-order valence-electron chi connectivity index (χ3n) is 2.67. The molecule has 0 aromatic heterocycles. The van der Waals surface area contributed by atoms with Gasteiger partial charge in [-0.3, -0.25) is 10.7 Å². The number of carbonyl (C=O) groups excluding carboxylic acids is 1. The summed E-state index contributed by atoms with van der Waals surface area (Å²) in [6.07, 6.45) is 0.849. The summed E-state index contributed by atoms with van der Waals surface area (Å²) in [6.45, 7) is 6.05. The van der Waals surface area contributed by atoms with Crippen molar-refractivity contribution in [3.8, 4) is 0 Å². The number of urea groups is 1. The standard InChI is InChI=1S/C13H20N4O/c1-5-10-7-8(2)6-9(3)11(10)16-13(18)17-12(14)15-4/h6-7H,5H2,1-4H3,(H4,14,15,16,17,18). The predicted molar refractivity (Wildman–Crippen MR) is 74.2 cm³/mol. The van der Waals surface area contributed by atoms with Gasteiger partial charge in [-0.1, -0.05) is 24.6 Å². The molecule has 0 radical (unpaired) electrons. The van der Waals surface area contributed by atoms with E-state index in [1.165, 1.54) is 5.56 Å². The molecule has 5 heteroatoms. The van der Waals surface area contributed by atoms with Crippen molar-refractivity contribution in [1.82, 2.24) is 10.6 Å². The molecule has 4 N–H and O–H groups in total. The fourth-order valence-corrected chi connectivity index (χ4v) is 1.83. The Kier molecular flexibility index (Phi) is 4.71. The second kappa shape index (κ2) is 6.05. The van der Waals surface area contributed by atoms with Crippen LogP contribution in [-0.4, -0.2) is 19.0 Å². The van der Waals surface area contributed by atoms with E-state index in [4.69, 9.17) is 5.41 Å².